The Morgan fingerprint density at radius 1 is 1.50 bits per heavy atom. The zero-order valence-corrected chi connectivity index (χ0v) is 9.14. The molecule has 0 amide bonds. The van der Waals surface area contributed by atoms with Crippen molar-refractivity contribution >= 4 is 12.4 Å². The van der Waals surface area contributed by atoms with Crippen LogP contribution in [0, 0.1) is 0 Å². The maximum atomic E-state index is 5.95. The van der Waals surface area contributed by atoms with Gasteiger partial charge >= 0.3 is 0 Å². The molecule has 1 aromatic carbocycles. The predicted octanol–water partition coefficient (Wildman–Crippen LogP) is 2.45. The average Bonchev–Trinajstić information content (AvgIpc) is 2.63. The van der Waals surface area contributed by atoms with Crippen LogP contribution in [0.3, 0.4) is 0 Å². The van der Waals surface area contributed by atoms with E-state index in [1.807, 2.05) is 6.07 Å². The molecular formula is C11H16ClNO. The van der Waals surface area contributed by atoms with Gasteiger partial charge in [-0.1, -0.05) is 19.1 Å². The van der Waals surface area contributed by atoms with Crippen molar-refractivity contribution in [3.8, 4) is 5.75 Å². The summed E-state index contributed by atoms with van der Waals surface area (Å²) in [5.74, 6) is 1.03. The summed E-state index contributed by atoms with van der Waals surface area (Å²) in [4.78, 5) is 0. The second kappa shape index (κ2) is 4.67. The average molecular weight is 214 g/mol. The molecule has 1 aliphatic rings. The third kappa shape index (κ3) is 2.02. The molecule has 14 heavy (non-hydrogen) atoms. The Labute approximate surface area is 90.9 Å². The van der Waals surface area contributed by atoms with Crippen molar-refractivity contribution in [1.82, 2.24) is 0 Å². The van der Waals surface area contributed by atoms with Gasteiger partial charge in [0.25, 0.3) is 0 Å². The summed E-state index contributed by atoms with van der Waals surface area (Å²) in [6.07, 6.45) is 2.01. The van der Waals surface area contributed by atoms with E-state index in [9.17, 15) is 0 Å². The molecule has 0 bridgehead atoms. The van der Waals surface area contributed by atoms with Gasteiger partial charge in [0.2, 0.25) is 0 Å². The van der Waals surface area contributed by atoms with E-state index in [-0.39, 0.29) is 18.4 Å². The molecule has 1 aromatic rings. The molecule has 0 radical (unpaired) electrons. The summed E-state index contributed by atoms with van der Waals surface area (Å²) < 4.78 is 5.43. The van der Waals surface area contributed by atoms with E-state index >= 15 is 0 Å². The third-order valence-corrected chi connectivity index (χ3v) is 2.58. The predicted molar refractivity (Wildman–Crippen MR) is 60.1 cm³/mol. The number of hydrogen-bond donors (Lipinski definition) is 1. The van der Waals surface area contributed by atoms with Gasteiger partial charge in [0.05, 0.1) is 6.61 Å². The Hall–Kier alpha value is -0.730. The van der Waals surface area contributed by atoms with Crippen molar-refractivity contribution in [3.05, 3.63) is 29.3 Å². The molecule has 1 atom stereocenters. The highest BCUT2D eigenvalue weighted by atomic mass is 35.5. The fourth-order valence-corrected chi connectivity index (χ4v) is 1.67. The van der Waals surface area contributed by atoms with Crippen molar-refractivity contribution in [3.63, 3.8) is 0 Å². The first kappa shape index (κ1) is 11.3. The molecule has 2 nitrogen and oxygen atoms in total. The zero-order valence-electron chi connectivity index (χ0n) is 8.32. The highest BCUT2D eigenvalue weighted by molar-refractivity contribution is 5.85. The van der Waals surface area contributed by atoms with Gasteiger partial charge in [-0.2, -0.15) is 0 Å². The molecule has 0 fully saturated rings. The fraction of sp³-hybridized carbons (Fsp3) is 0.455. The van der Waals surface area contributed by atoms with Gasteiger partial charge in [-0.3, -0.25) is 0 Å². The van der Waals surface area contributed by atoms with Crippen molar-refractivity contribution in [2.45, 2.75) is 25.8 Å². The second-order valence-corrected chi connectivity index (χ2v) is 3.48. The van der Waals surface area contributed by atoms with E-state index in [0.717, 1.165) is 25.2 Å². The standard InChI is InChI=1S/C11H15NO.ClH/c1-2-10(12)8-3-4-11-9(7-8)5-6-13-11;/h3-4,7,10H,2,5-6,12H2,1H3;1H. The quantitative estimate of drug-likeness (QED) is 0.819. The van der Waals surface area contributed by atoms with Gasteiger partial charge in [-0.15, -0.1) is 12.4 Å². The Morgan fingerprint density at radius 3 is 3.00 bits per heavy atom. The van der Waals surface area contributed by atoms with Crippen LogP contribution in [-0.4, -0.2) is 6.61 Å². The first-order chi connectivity index (χ1) is 6.31. The van der Waals surface area contributed by atoms with Crippen LogP contribution in [0.15, 0.2) is 18.2 Å². The summed E-state index contributed by atoms with van der Waals surface area (Å²) in [5.41, 5.74) is 8.48. The lowest BCUT2D eigenvalue weighted by atomic mass is 10.0. The maximum Gasteiger partial charge on any atom is 0.122 e. The van der Waals surface area contributed by atoms with Crippen LogP contribution in [0.4, 0.5) is 0 Å². The summed E-state index contributed by atoms with van der Waals surface area (Å²) in [7, 11) is 0. The molecule has 0 aliphatic carbocycles. The van der Waals surface area contributed by atoms with Crippen molar-refractivity contribution in [2.24, 2.45) is 5.73 Å². The Kier molecular flexibility index (Phi) is 3.78. The molecule has 0 aromatic heterocycles. The monoisotopic (exact) mass is 213 g/mol. The lowest BCUT2D eigenvalue weighted by Crippen LogP contribution is -2.08. The number of fused-ring (bicyclic) bond motifs is 1. The van der Waals surface area contributed by atoms with E-state index < -0.39 is 0 Å². The van der Waals surface area contributed by atoms with Crippen LogP contribution in [0.1, 0.15) is 30.5 Å². The number of benzene rings is 1. The van der Waals surface area contributed by atoms with E-state index in [2.05, 4.69) is 19.1 Å². The first-order valence-corrected chi connectivity index (χ1v) is 4.82. The van der Waals surface area contributed by atoms with Gasteiger partial charge in [-0.25, -0.2) is 0 Å². The lowest BCUT2D eigenvalue weighted by Gasteiger charge is -2.09. The van der Waals surface area contributed by atoms with Gasteiger partial charge in [-0.05, 0) is 23.6 Å². The lowest BCUT2D eigenvalue weighted by molar-refractivity contribution is 0.357. The maximum absolute atomic E-state index is 5.95. The number of hydrogen-bond acceptors (Lipinski definition) is 2. The van der Waals surface area contributed by atoms with Crippen molar-refractivity contribution in [1.29, 1.82) is 0 Å². The van der Waals surface area contributed by atoms with Crippen LogP contribution < -0.4 is 10.5 Å². The van der Waals surface area contributed by atoms with Gasteiger partial charge in [0.1, 0.15) is 5.75 Å². The molecule has 2 rings (SSSR count). The number of halogens is 1. The van der Waals surface area contributed by atoms with Gasteiger partial charge in [0, 0.05) is 12.5 Å². The molecule has 0 saturated heterocycles. The Balaban J connectivity index is 0.000000980. The molecule has 0 saturated carbocycles. The summed E-state index contributed by atoms with van der Waals surface area (Å²) >= 11 is 0. The number of nitrogens with two attached hydrogens (primary N) is 1. The van der Waals surface area contributed by atoms with Crippen LogP contribution in [0.2, 0.25) is 0 Å². The molecule has 78 valence electrons. The normalized spacial score (nSPS) is 15.3. The van der Waals surface area contributed by atoms with Gasteiger partial charge < -0.3 is 10.5 Å². The smallest absolute Gasteiger partial charge is 0.122 e. The van der Waals surface area contributed by atoms with Crippen LogP contribution in [0.25, 0.3) is 0 Å². The van der Waals surface area contributed by atoms with Crippen molar-refractivity contribution in [2.75, 3.05) is 6.61 Å². The minimum absolute atomic E-state index is 0. The Bertz CT molecular complexity index is 314. The summed E-state index contributed by atoms with van der Waals surface area (Å²) in [6.45, 7) is 2.93. The summed E-state index contributed by atoms with van der Waals surface area (Å²) in [6, 6.07) is 6.45. The summed E-state index contributed by atoms with van der Waals surface area (Å²) in [5, 5.41) is 0. The molecule has 1 unspecified atom stereocenters. The van der Waals surface area contributed by atoms with E-state index in [4.69, 9.17) is 10.5 Å². The Morgan fingerprint density at radius 2 is 2.29 bits per heavy atom. The van der Waals surface area contributed by atoms with Crippen LogP contribution in [0.5, 0.6) is 5.75 Å². The molecule has 0 spiro atoms. The molecule has 1 heterocycles. The second-order valence-electron chi connectivity index (χ2n) is 3.48. The SMILES string of the molecule is CCC(N)c1ccc2c(c1)CCO2.Cl. The zero-order chi connectivity index (χ0) is 9.26. The third-order valence-electron chi connectivity index (χ3n) is 2.58. The van der Waals surface area contributed by atoms with Crippen LogP contribution in [-0.2, 0) is 6.42 Å². The fourth-order valence-electron chi connectivity index (χ4n) is 1.67. The molecule has 2 N–H and O–H groups in total. The van der Waals surface area contributed by atoms with Crippen LogP contribution >= 0.6 is 12.4 Å². The highest BCUT2D eigenvalue weighted by Crippen LogP contribution is 2.28. The minimum Gasteiger partial charge on any atom is -0.493 e. The van der Waals surface area contributed by atoms with Crippen molar-refractivity contribution < 1.29 is 4.74 Å². The first-order valence-electron chi connectivity index (χ1n) is 4.82. The largest absolute Gasteiger partial charge is 0.493 e. The van der Waals surface area contributed by atoms with Gasteiger partial charge in [0.15, 0.2) is 0 Å². The van der Waals surface area contributed by atoms with E-state index in [1.165, 1.54) is 11.1 Å². The molecular weight excluding hydrogens is 198 g/mol. The highest BCUT2D eigenvalue weighted by Gasteiger charge is 2.13. The van der Waals surface area contributed by atoms with E-state index in [0.29, 0.717) is 0 Å². The number of rotatable bonds is 2. The molecule has 3 heteroatoms. The minimum atomic E-state index is 0. The number of ether oxygens (including phenoxy) is 1. The molecule has 1 aliphatic heterocycles. The van der Waals surface area contributed by atoms with E-state index in [1.54, 1.807) is 0 Å². The topological polar surface area (TPSA) is 35.2 Å².